The smallest absolute Gasteiger partial charge is 0.328 e. The van der Waals surface area contributed by atoms with Crippen LogP contribution in [0.4, 0.5) is 0 Å². The lowest BCUT2D eigenvalue weighted by Crippen LogP contribution is -2.52. The van der Waals surface area contributed by atoms with Crippen LogP contribution in [-0.2, 0) is 38.1 Å². The van der Waals surface area contributed by atoms with Crippen molar-refractivity contribution in [2.75, 3.05) is 34.5 Å². The molecule has 3 atom stereocenters. The number of carbonyl (C=O) groups is 4. The highest BCUT2D eigenvalue weighted by Crippen LogP contribution is 2.21. The number of methoxy groups -OCH3 is 3. The molecule has 0 unspecified atom stereocenters. The van der Waals surface area contributed by atoms with E-state index in [1.807, 2.05) is 0 Å². The third-order valence-electron chi connectivity index (χ3n) is 4.02. The van der Waals surface area contributed by atoms with Gasteiger partial charge in [-0.3, -0.25) is 14.4 Å². The van der Waals surface area contributed by atoms with Gasteiger partial charge >= 0.3 is 17.9 Å². The molecule has 0 aliphatic carbocycles. The van der Waals surface area contributed by atoms with Gasteiger partial charge in [-0.05, 0) is 6.42 Å². The van der Waals surface area contributed by atoms with E-state index in [4.69, 9.17) is 4.74 Å². The van der Waals surface area contributed by atoms with Crippen molar-refractivity contribution < 1.29 is 38.1 Å². The van der Waals surface area contributed by atoms with Gasteiger partial charge in [0.15, 0.2) is 5.92 Å². The number of rotatable bonds is 7. The lowest BCUT2D eigenvalue weighted by Gasteiger charge is -2.27. The van der Waals surface area contributed by atoms with E-state index < -0.39 is 41.7 Å². The van der Waals surface area contributed by atoms with E-state index in [9.17, 15) is 19.2 Å². The lowest BCUT2D eigenvalue weighted by atomic mass is 9.87. The van der Waals surface area contributed by atoms with Crippen LogP contribution in [0.15, 0.2) is 0 Å². The molecule has 1 aliphatic heterocycles. The van der Waals surface area contributed by atoms with Crippen molar-refractivity contribution in [1.82, 2.24) is 5.32 Å². The van der Waals surface area contributed by atoms with Gasteiger partial charge in [-0.2, -0.15) is 0 Å². The second-order valence-corrected chi connectivity index (χ2v) is 5.45. The molecule has 0 spiro atoms. The molecular weight excluding hydrogens is 322 g/mol. The maximum Gasteiger partial charge on any atom is 0.328 e. The van der Waals surface area contributed by atoms with Crippen LogP contribution in [0.2, 0.25) is 0 Å². The molecule has 0 aromatic carbocycles. The number of hydrogen-bond donors (Lipinski definition) is 1. The van der Waals surface area contributed by atoms with Gasteiger partial charge in [0.25, 0.3) is 0 Å². The first-order valence-corrected chi connectivity index (χ1v) is 7.48. The fourth-order valence-electron chi connectivity index (χ4n) is 2.52. The first kappa shape index (κ1) is 19.9. The quantitative estimate of drug-likeness (QED) is 0.365. The molecule has 1 fully saturated rings. The minimum Gasteiger partial charge on any atom is -0.468 e. The highest BCUT2D eigenvalue weighted by Gasteiger charge is 2.43. The molecule has 1 heterocycles. The number of esters is 3. The average Bonchev–Trinajstić information content (AvgIpc) is 3.12. The molecule has 1 rings (SSSR count). The van der Waals surface area contributed by atoms with Gasteiger partial charge < -0.3 is 24.3 Å². The van der Waals surface area contributed by atoms with Crippen molar-refractivity contribution in [1.29, 1.82) is 0 Å². The molecule has 24 heavy (non-hydrogen) atoms. The summed E-state index contributed by atoms with van der Waals surface area (Å²) in [7, 11) is 3.39. The Morgan fingerprint density at radius 3 is 1.96 bits per heavy atom. The third-order valence-corrected chi connectivity index (χ3v) is 4.02. The molecule has 0 saturated carbocycles. The fraction of sp³-hybridized carbons (Fsp3) is 0.733. The Morgan fingerprint density at radius 1 is 1.00 bits per heavy atom. The predicted molar refractivity (Wildman–Crippen MR) is 79.6 cm³/mol. The Morgan fingerprint density at radius 2 is 1.54 bits per heavy atom. The van der Waals surface area contributed by atoms with Crippen molar-refractivity contribution in [3.05, 3.63) is 0 Å². The van der Waals surface area contributed by atoms with Gasteiger partial charge in [0.1, 0.15) is 6.04 Å². The molecule has 0 aromatic heterocycles. The summed E-state index contributed by atoms with van der Waals surface area (Å²) in [5.41, 5.74) is 0. The second kappa shape index (κ2) is 9.21. The van der Waals surface area contributed by atoms with Crippen molar-refractivity contribution >= 4 is 23.8 Å². The number of ether oxygens (including phenoxy) is 4. The van der Waals surface area contributed by atoms with Crippen LogP contribution in [-0.4, -0.2) is 64.4 Å². The van der Waals surface area contributed by atoms with Gasteiger partial charge in [0.2, 0.25) is 5.91 Å². The first-order valence-electron chi connectivity index (χ1n) is 7.48. The fourth-order valence-corrected chi connectivity index (χ4v) is 2.52. The predicted octanol–water partition coefficient (Wildman–Crippen LogP) is -0.721. The molecular formula is C15H23NO8. The van der Waals surface area contributed by atoms with Crippen molar-refractivity contribution in [2.24, 2.45) is 17.8 Å². The molecule has 0 aromatic rings. The highest BCUT2D eigenvalue weighted by atomic mass is 16.5. The minimum atomic E-state index is -1.37. The summed E-state index contributed by atoms with van der Waals surface area (Å²) in [4.78, 5) is 48.1. The largest absolute Gasteiger partial charge is 0.468 e. The summed E-state index contributed by atoms with van der Waals surface area (Å²) in [5, 5.41) is 2.54. The van der Waals surface area contributed by atoms with Crippen LogP contribution in [0.5, 0.6) is 0 Å². The zero-order valence-electron chi connectivity index (χ0n) is 14.2. The number of carbonyl (C=O) groups excluding carboxylic acids is 4. The Balaban J connectivity index is 2.98. The molecule has 0 radical (unpaired) electrons. The van der Waals surface area contributed by atoms with E-state index in [1.165, 1.54) is 6.92 Å². The van der Waals surface area contributed by atoms with Crippen LogP contribution < -0.4 is 5.32 Å². The first-order chi connectivity index (χ1) is 11.4. The summed E-state index contributed by atoms with van der Waals surface area (Å²) in [6.45, 7) is 2.18. The minimum absolute atomic E-state index is 0.255. The maximum atomic E-state index is 12.3. The Hall–Kier alpha value is -2.16. The number of amides is 1. The summed E-state index contributed by atoms with van der Waals surface area (Å²) in [5.74, 6) is -5.58. The van der Waals surface area contributed by atoms with Gasteiger partial charge in [0.05, 0.1) is 33.9 Å². The summed E-state index contributed by atoms with van der Waals surface area (Å²) in [6.07, 6.45) is 0.533. The summed E-state index contributed by atoms with van der Waals surface area (Å²) < 4.78 is 19.0. The SMILES string of the molecule is COC(=O)C(C(=O)OC)[C@@H](C)[C@@H](NC(=O)[C@@H]1CCOC1)C(=O)OC. The van der Waals surface area contributed by atoms with Crippen molar-refractivity contribution in [3.63, 3.8) is 0 Å². The van der Waals surface area contributed by atoms with E-state index >= 15 is 0 Å². The maximum absolute atomic E-state index is 12.3. The normalized spacial score (nSPS) is 19.3. The molecule has 9 nitrogen and oxygen atoms in total. The number of nitrogens with one attached hydrogen (secondary N) is 1. The van der Waals surface area contributed by atoms with Gasteiger partial charge in [-0.1, -0.05) is 6.92 Å². The summed E-state index contributed by atoms with van der Waals surface area (Å²) in [6, 6.07) is -1.20. The molecule has 1 amide bonds. The van der Waals surface area contributed by atoms with Crippen LogP contribution in [0.25, 0.3) is 0 Å². The lowest BCUT2D eigenvalue weighted by molar-refractivity contribution is -0.163. The van der Waals surface area contributed by atoms with E-state index in [-0.39, 0.29) is 12.5 Å². The van der Waals surface area contributed by atoms with Gasteiger partial charge in [-0.25, -0.2) is 4.79 Å². The van der Waals surface area contributed by atoms with E-state index in [0.29, 0.717) is 13.0 Å². The molecule has 1 aliphatic rings. The Bertz CT molecular complexity index is 470. The molecule has 1 saturated heterocycles. The van der Waals surface area contributed by atoms with Crippen LogP contribution in [0.3, 0.4) is 0 Å². The molecule has 1 N–H and O–H groups in total. The van der Waals surface area contributed by atoms with Gasteiger partial charge in [-0.15, -0.1) is 0 Å². The van der Waals surface area contributed by atoms with E-state index in [0.717, 1.165) is 21.3 Å². The zero-order valence-corrected chi connectivity index (χ0v) is 14.2. The van der Waals surface area contributed by atoms with E-state index in [1.54, 1.807) is 0 Å². The topological polar surface area (TPSA) is 117 Å². The van der Waals surface area contributed by atoms with Crippen LogP contribution in [0, 0.1) is 17.8 Å². The third kappa shape index (κ3) is 4.67. The second-order valence-electron chi connectivity index (χ2n) is 5.45. The molecule has 136 valence electrons. The zero-order chi connectivity index (χ0) is 18.3. The van der Waals surface area contributed by atoms with Crippen molar-refractivity contribution in [3.8, 4) is 0 Å². The van der Waals surface area contributed by atoms with Crippen LogP contribution in [0.1, 0.15) is 13.3 Å². The molecule has 0 bridgehead atoms. The molecule has 9 heteroatoms. The Labute approximate surface area is 139 Å². The van der Waals surface area contributed by atoms with E-state index in [2.05, 4.69) is 19.5 Å². The Kier molecular flexibility index (Phi) is 7.63. The number of hydrogen-bond acceptors (Lipinski definition) is 8. The van der Waals surface area contributed by atoms with Crippen LogP contribution >= 0.6 is 0 Å². The average molecular weight is 345 g/mol. The monoisotopic (exact) mass is 345 g/mol. The highest BCUT2D eigenvalue weighted by molar-refractivity contribution is 5.96. The van der Waals surface area contributed by atoms with Gasteiger partial charge in [0, 0.05) is 12.5 Å². The summed E-state index contributed by atoms with van der Waals surface area (Å²) >= 11 is 0. The standard InChI is InChI=1S/C15H23NO8/c1-8(10(13(18)21-2)14(19)22-3)11(15(20)23-4)16-12(17)9-5-6-24-7-9/h8-11H,5-7H2,1-4H3,(H,16,17)/t8-,9-,11-/m1/s1. The van der Waals surface area contributed by atoms with Crippen molar-refractivity contribution in [2.45, 2.75) is 19.4 Å².